The Morgan fingerprint density at radius 3 is 2.20 bits per heavy atom. The second kappa shape index (κ2) is 5.79. The van der Waals surface area contributed by atoms with Crippen molar-refractivity contribution in [2.45, 2.75) is 12.6 Å². The van der Waals surface area contributed by atoms with Crippen LogP contribution in [0.2, 0.25) is 0 Å². The number of rotatable bonds is 3. The second-order valence-electron chi connectivity index (χ2n) is 4.26. The molecule has 0 aliphatic rings. The van der Waals surface area contributed by atoms with Crippen LogP contribution in [0.25, 0.3) is 0 Å². The Kier molecular flexibility index (Phi) is 4.28. The van der Waals surface area contributed by atoms with E-state index in [4.69, 9.17) is 0 Å². The zero-order valence-electron chi connectivity index (χ0n) is 10.2. The number of carbonyl (C=O) groups excluding carboxylic acids is 1. The van der Waals surface area contributed by atoms with Crippen LogP contribution in [0.1, 0.15) is 21.5 Å². The number of hydrogen-bond donors (Lipinski definition) is 0. The normalized spacial score (nSPS) is 11.4. The largest absolute Gasteiger partial charge is 0.416 e. The molecule has 0 aromatic heterocycles. The number of alkyl halides is 3. The molecular weight excluding hydrogens is 333 g/mol. The van der Waals surface area contributed by atoms with Gasteiger partial charge in [0, 0.05) is 16.5 Å². The van der Waals surface area contributed by atoms with Crippen molar-refractivity contribution < 1.29 is 18.0 Å². The molecule has 0 unspecified atom stereocenters. The molecule has 1 nitrogen and oxygen atoms in total. The van der Waals surface area contributed by atoms with Crippen molar-refractivity contribution in [3.8, 4) is 0 Å². The third-order valence-corrected chi connectivity index (χ3v) is 3.37. The molecule has 0 heterocycles. The highest BCUT2D eigenvalue weighted by atomic mass is 79.9. The predicted molar refractivity (Wildman–Crippen MR) is 73.6 cm³/mol. The minimum atomic E-state index is -4.45. The SMILES string of the molecule is O=C(Cc1ccccc1C(F)(F)F)c1ccc(Br)cc1. The molecule has 20 heavy (non-hydrogen) atoms. The van der Waals surface area contributed by atoms with E-state index in [1.54, 1.807) is 24.3 Å². The summed E-state index contributed by atoms with van der Waals surface area (Å²) in [4.78, 5) is 12.0. The summed E-state index contributed by atoms with van der Waals surface area (Å²) in [7, 11) is 0. The maximum absolute atomic E-state index is 12.8. The zero-order chi connectivity index (χ0) is 14.8. The minimum absolute atomic E-state index is 0.00656. The van der Waals surface area contributed by atoms with E-state index in [0.29, 0.717) is 5.56 Å². The Balaban J connectivity index is 2.26. The molecule has 5 heteroatoms. The number of halogens is 4. The third kappa shape index (κ3) is 3.48. The fourth-order valence-electron chi connectivity index (χ4n) is 1.86. The molecule has 0 fully saturated rings. The van der Waals surface area contributed by atoms with Crippen molar-refractivity contribution >= 4 is 21.7 Å². The Labute approximate surface area is 122 Å². The molecule has 0 saturated carbocycles. The quantitative estimate of drug-likeness (QED) is 0.725. The standard InChI is InChI=1S/C15H10BrF3O/c16-12-7-5-10(6-8-12)14(20)9-11-3-1-2-4-13(11)15(17,18)19/h1-8H,9H2. The van der Waals surface area contributed by atoms with Crippen molar-refractivity contribution in [3.63, 3.8) is 0 Å². The third-order valence-electron chi connectivity index (χ3n) is 2.84. The number of benzene rings is 2. The molecule has 0 radical (unpaired) electrons. The predicted octanol–water partition coefficient (Wildman–Crippen LogP) is 4.89. The molecule has 2 aromatic rings. The van der Waals surface area contributed by atoms with Gasteiger partial charge in [-0.2, -0.15) is 13.2 Å². The molecule has 2 rings (SSSR count). The smallest absolute Gasteiger partial charge is 0.294 e. The number of hydrogen-bond acceptors (Lipinski definition) is 1. The molecule has 0 atom stereocenters. The number of ketones is 1. The molecule has 104 valence electrons. The first-order chi connectivity index (χ1) is 9.38. The minimum Gasteiger partial charge on any atom is -0.294 e. The lowest BCUT2D eigenvalue weighted by Crippen LogP contribution is -2.12. The summed E-state index contributed by atoms with van der Waals surface area (Å²) in [5.74, 6) is -0.339. The van der Waals surface area contributed by atoms with Gasteiger partial charge >= 0.3 is 6.18 Å². The molecular formula is C15H10BrF3O. The maximum atomic E-state index is 12.8. The van der Waals surface area contributed by atoms with Crippen LogP contribution in [0.4, 0.5) is 13.2 Å². The van der Waals surface area contributed by atoms with Gasteiger partial charge in [0.15, 0.2) is 5.78 Å². The topological polar surface area (TPSA) is 17.1 Å². The van der Waals surface area contributed by atoms with E-state index < -0.39 is 11.7 Å². The Morgan fingerprint density at radius 1 is 1.00 bits per heavy atom. The van der Waals surface area contributed by atoms with Crippen LogP contribution >= 0.6 is 15.9 Å². The van der Waals surface area contributed by atoms with Gasteiger partial charge in [-0.1, -0.05) is 46.3 Å². The van der Waals surface area contributed by atoms with Crippen LogP contribution in [0, 0.1) is 0 Å². The zero-order valence-corrected chi connectivity index (χ0v) is 11.8. The van der Waals surface area contributed by atoms with Gasteiger partial charge in [-0.05, 0) is 23.8 Å². The summed E-state index contributed by atoms with van der Waals surface area (Å²) < 4.78 is 39.3. The van der Waals surface area contributed by atoms with Crippen LogP contribution < -0.4 is 0 Å². The molecule has 2 aromatic carbocycles. The van der Waals surface area contributed by atoms with Gasteiger partial charge in [-0.25, -0.2) is 0 Å². The van der Waals surface area contributed by atoms with Crippen molar-refractivity contribution in [1.29, 1.82) is 0 Å². The van der Waals surface area contributed by atoms with Gasteiger partial charge in [0.1, 0.15) is 0 Å². The van der Waals surface area contributed by atoms with E-state index in [0.717, 1.165) is 10.5 Å². The fraction of sp³-hybridized carbons (Fsp3) is 0.133. The molecule has 0 amide bonds. The molecule has 0 N–H and O–H groups in total. The maximum Gasteiger partial charge on any atom is 0.416 e. The van der Waals surface area contributed by atoms with Gasteiger partial charge in [-0.3, -0.25) is 4.79 Å². The summed E-state index contributed by atoms with van der Waals surface area (Å²) in [6.07, 6.45) is -4.71. The average Bonchev–Trinajstić information content (AvgIpc) is 2.38. The molecule has 0 spiro atoms. The Morgan fingerprint density at radius 2 is 1.60 bits per heavy atom. The van der Waals surface area contributed by atoms with E-state index in [9.17, 15) is 18.0 Å². The molecule has 0 aliphatic carbocycles. The van der Waals surface area contributed by atoms with E-state index in [1.807, 2.05) is 0 Å². The van der Waals surface area contributed by atoms with E-state index in [2.05, 4.69) is 15.9 Å². The number of Topliss-reactive ketones (excluding diaryl/α,β-unsaturated/α-hetero) is 1. The van der Waals surface area contributed by atoms with Crippen LogP contribution in [0.5, 0.6) is 0 Å². The lowest BCUT2D eigenvalue weighted by atomic mass is 9.98. The van der Waals surface area contributed by atoms with Crippen molar-refractivity contribution in [1.82, 2.24) is 0 Å². The van der Waals surface area contributed by atoms with Crippen LogP contribution in [0.3, 0.4) is 0 Å². The Bertz CT molecular complexity index is 618. The van der Waals surface area contributed by atoms with E-state index in [1.165, 1.54) is 18.2 Å². The van der Waals surface area contributed by atoms with Gasteiger partial charge in [0.25, 0.3) is 0 Å². The second-order valence-corrected chi connectivity index (χ2v) is 5.18. The molecule has 0 aliphatic heterocycles. The van der Waals surface area contributed by atoms with E-state index in [-0.39, 0.29) is 17.8 Å². The summed E-state index contributed by atoms with van der Waals surface area (Å²) in [6, 6.07) is 11.7. The summed E-state index contributed by atoms with van der Waals surface area (Å²) in [6.45, 7) is 0. The van der Waals surface area contributed by atoms with Gasteiger partial charge in [-0.15, -0.1) is 0 Å². The summed E-state index contributed by atoms with van der Waals surface area (Å²) >= 11 is 3.24. The molecule has 0 saturated heterocycles. The van der Waals surface area contributed by atoms with Crippen LogP contribution in [0.15, 0.2) is 53.0 Å². The summed E-state index contributed by atoms with van der Waals surface area (Å²) in [5.41, 5.74) is -0.372. The number of carbonyl (C=O) groups is 1. The van der Waals surface area contributed by atoms with Crippen molar-refractivity contribution in [2.24, 2.45) is 0 Å². The van der Waals surface area contributed by atoms with E-state index >= 15 is 0 Å². The van der Waals surface area contributed by atoms with Gasteiger partial charge in [0.2, 0.25) is 0 Å². The fourth-order valence-corrected chi connectivity index (χ4v) is 2.13. The lowest BCUT2D eigenvalue weighted by Gasteiger charge is -2.12. The first-order valence-electron chi connectivity index (χ1n) is 5.82. The average molecular weight is 343 g/mol. The van der Waals surface area contributed by atoms with Gasteiger partial charge in [0.05, 0.1) is 5.56 Å². The molecule has 0 bridgehead atoms. The first kappa shape index (κ1) is 14.8. The van der Waals surface area contributed by atoms with Crippen LogP contribution in [-0.4, -0.2) is 5.78 Å². The van der Waals surface area contributed by atoms with Crippen LogP contribution in [-0.2, 0) is 12.6 Å². The summed E-state index contributed by atoms with van der Waals surface area (Å²) in [5, 5.41) is 0. The Hall–Kier alpha value is -1.62. The van der Waals surface area contributed by atoms with Crippen molar-refractivity contribution in [3.05, 3.63) is 69.7 Å². The highest BCUT2D eigenvalue weighted by Crippen LogP contribution is 2.32. The lowest BCUT2D eigenvalue weighted by molar-refractivity contribution is -0.138. The first-order valence-corrected chi connectivity index (χ1v) is 6.61. The monoisotopic (exact) mass is 342 g/mol. The van der Waals surface area contributed by atoms with Crippen molar-refractivity contribution in [2.75, 3.05) is 0 Å². The highest BCUT2D eigenvalue weighted by Gasteiger charge is 2.33. The highest BCUT2D eigenvalue weighted by molar-refractivity contribution is 9.10. The van der Waals surface area contributed by atoms with Gasteiger partial charge < -0.3 is 0 Å².